The summed E-state index contributed by atoms with van der Waals surface area (Å²) < 4.78 is 5.16. The van der Waals surface area contributed by atoms with E-state index in [1.54, 1.807) is 20.8 Å². The van der Waals surface area contributed by atoms with Crippen molar-refractivity contribution in [1.29, 1.82) is 0 Å². The van der Waals surface area contributed by atoms with Crippen molar-refractivity contribution >= 4 is 6.09 Å². The third kappa shape index (κ3) is 5.42. The minimum Gasteiger partial charge on any atom is -0.444 e. The van der Waals surface area contributed by atoms with Gasteiger partial charge in [0, 0.05) is 5.56 Å². The highest BCUT2D eigenvalue weighted by Crippen LogP contribution is 2.22. The van der Waals surface area contributed by atoms with Crippen LogP contribution in [0.15, 0.2) is 10.9 Å². The molecule has 1 aromatic rings. The average molecular weight is 269 g/mol. The summed E-state index contributed by atoms with van der Waals surface area (Å²) in [5, 5.41) is 12.7. The van der Waals surface area contributed by atoms with E-state index in [1.807, 2.05) is 13.8 Å². The van der Waals surface area contributed by atoms with E-state index in [0.29, 0.717) is 12.0 Å². The summed E-state index contributed by atoms with van der Waals surface area (Å²) >= 11 is 0. The molecule has 5 heteroatoms. The van der Waals surface area contributed by atoms with Crippen LogP contribution in [0.25, 0.3) is 0 Å². The summed E-state index contributed by atoms with van der Waals surface area (Å²) in [6.07, 6.45) is -0.960. The summed E-state index contributed by atoms with van der Waals surface area (Å²) in [5.41, 5.74) is -0.361. The lowest BCUT2D eigenvalue weighted by atomic mass is 9.98. The number of amides is 1. The minimum absolute atomic E-state index is 0.146. The Morgan fingerprint density at radius 2 is 1.95 bits per heavy atom. The first-order valence-electron chi connectivity index (χ1n) is 6.53. The molecular weight excluding hydrogens is 246 g/mol. The SMILES string of the molecule is CC(C)C[C@H](NC(=O)OC(C)(C)C)[C@@H](O)c1cc1=O. The molecule has 0 aliphatic heterocycles. The van der Waals surface area contributed by atoms with Crippen LogP contribution < -0.4 is 10.7 Å². The normalized spacial score (nSPS) is 15.5. The van der Waals surface area contributed by atoms with E-state index in [9.17, 15) is 14.7 Å². The lowest BCUT2D eigenvalue weighted by Gasteiger charge is -2.26. The molecule has 1 rings (SSSR count). The van der Waals surface area contributed by atoms with Crippen LogP contribution in [0.4, 0.5) is 4.79 Å². The number of ether oxygens (including phenoxy) is 1. The highest BCUT2D eigenvalue weighted by molar-refractivity contribution is 5.68. The number of carbonyl (C=O) groups excluding carboxylic acids is 1. The van der Waals surface area contributed by atoms with E-state index in [2.05, 4.69) is 5.32 Å². The van der Waals surface area contributed by atoms with Crippen molar-refractivity contribution in [3.63, 3.8) is 0 Å². The monoisotopic (exact) mass is 269 g/mol. The van der Waals surface area contributed by atoms with E-state index in [4.69, 9.17) is 4.74 Å². The fourth-order valence-electron chi connectivity index (χ4n) is 1.79. The summed E-state index contributed by atoms with van der Waals surface area (Å²) in [6.45, 7) is 9.29. The molecular formula is C14H23NO4. The second-order valence-corrected chi connectivity index (χ2v) is 6.29. The van der Waals surface area contributed by atoms with E-state index < -0.39 is 23.8 Å². The molecule has 5 nitrogen and oxygen atoms in total. The molecule has 0 unspecified atom stereocenters. The molecule has 0 saturated carbocycles. The Morgan fingerprint density at radius 1 is 1.42 bits per heavy atom. The predicted molar refractivity (Wildman–Crippen MR) is 72.7 cm³/mol. The molecule has 0 saturated heterocycles. The van der Waals surface area contributed by atoms with Gasteiger partial charge in [-0.05, 0) is 39.2 Å². The Bertz CT molecular complexity index is 438. The van der Waals surface area contributed by atoms with Gasteiger partial charge in [0.2, 0.25) is 0 Å². The standard InChI is InChI=1S/C14H23NO4/c1-8(2)6-10(12(17)9-7-11(9)16)15-13(18)19-14(3,4)5/h7-8,10,12,17H,6H2,1-5H3,(H,15,18)/t10-,12-/m0/s1. The van der Waals surface area contributed by atoms with Gasteiger partial charge in [-0.1, -0.05) is 13.8 Å². The maximum Gasteiger partial charge on any atom is 0.407 e. The Balaban J connectivity index is 2.65. The molecule has 2 N–H and O–H groups in total. The van der Waals surface area contributed by atoms with Gasteiger partial charge in [0.1, 0.15) is 11.7 Å². The first kappa shape index (κ1) is 15.7. The van der Waals surface area contributed by atoms with Crippen molar-refractivity contribution in [2.75, 3.05) is 0 Å². The maximum atomic E-state index is 11.7. The second-order valence-electron chi connectivity index (χ2n) is 6.29. The molecule has 0 radical (unpaired) electrons. The van der Waals surface area contributed by atoms with Crippen LogP contribution in [0.3, 0.4) is 0 Å². The van der Waals surface area contributed by atoms with Crippen molar-refractivity contribution in [2.24, 2.45) is 5.92 Å². The number of hydrogen-bond acceptors (Lipinski definition) is 4. The van der Waals surface area contributed by atoms with E-state index in [1.165, 1.54) is 6.07 Å². The highest BCUT2D eigenvalue weighted by Gasteiger charge is 2.30. The van der Waals surface area contributed by atoms with Gasteiger partial charge in [-0.15, -0.1) is 0 Å². The van der Waals surface area contributed by atoms with Crippen LogP contribution in [-0.4, -0.2) is 22.8 Å². The molecule has 1 amide bonds. The van der Waals surface area contributed by atoms with Crippen molar-refractivity contribution in [3.8, 4) is 0 Å². The summed E-state index contributed by atoms with van der Waals surface area (Å²) in [7, 11) is 0. The molecule has 19 heavy (non-hydrogen) atoms. The minimum atomic E-state index is -0.956. The third-order valence-corrected chi connectivity index (χ3v) is 2.62. The van der Waals surface area contributed by atoms with Gasteiger partial charge < -0.3 is 15.2 Å². The van der Waals surface area contributed by atoms with Crippen LogP contribution in [0.1, 0.15) is 52.7 Å². The number of carbonyl (C=O) groups is 1. The van der Waals surface area contributed by atoms with Crippen LogP contribution in [0.5, 0.6) is 0 Å². The molecule has 0 aliphatic carbocycles. The third-order valence-electron chi connectivity index (χ3n) is 2.62. The number of nitrogens with one attached hydrogen (secondary N) is 1. The lowest BCUT2D eigenvalue weighted by molar-refractivity contribution is 0.0405. The molecule has 108 valence electrons. The molecule has 0 aliphatic rings. The first-order valence-corrected chi connectivity index (χ1v) is 6.53. The van der Waals surface area contributed by atoms with Crippen LogP contribution in [-0.2, 0) is 4.74 Å². The number of aliphatic hydroxyl groups excluding tert-OH is 1. The van der Waals surface area contributed by atoms with E-state index in [0.717, 1.165) is 0 Å². The van der Waals surface area contributed by atoms with Crippen molar-refractivity contribution in [2.45, 2.75) is 58.8 Å². The fourth-order valence-corrected chi connectivity index (χ4v) is 1.79. The van der Waals surface area contributed by atoms with Gasteiger partial charge in [-0.3, -0.25) is 4.79 Å². The Kier molecular flexibility index (Phi) is 4.74. The van der Waals surface area contributed by atoms with Crippen molar-refractivity contribution in [1.82, 2.24) is 5.32 Å². The smallest absolute Gasteiger partial charge is 0.407 e. The lowest BCUT2D eigenvalue weighted by Crippen LogP contribution is -2.42. The highest BCUT2D eigenvalue weighted by atomic mass is 16.6. The zero-order chi connectivity index (χ0) is 14.8. The quantitative estimate of drug-likeness (QED) is 0.856. The Hall–Kier alpha value is -1.36. The Labute approximate surface area is 113 Å². The zero-order valence-corrected chi connectivity index (χ0v) is 12.2. The molecule has 0 bridgehead atoms. The number of rotatable bonds is 5. The molecule has 0 heterocycles. The van der Waals surface area contributed by atoms with Crippen LogP contribution in [0, 0.1) is 5.92 Å². The maximum absolute atomic E-state index is 11.7. The number of aliphatic hydroxyl groups is 1. The summed E-state index contributed by atoms with van der Waals surface area (Å²) in [5.74, 6) is 0.282. The van der Waals surface area contributed by atoms with Gasteiger partial charge in [0.25, 0.3) is 0 Å². The van der Waals surface area contributed by atoms with E-state index in [-0.39, 0.29) is 11.3 Å². The molecule has 0 fully saturated rings. The summed E-state index contributed by atoms with van der Waals surface area (Å²) in [4.78, 5) is 22.8. The first-order chi connectivity index (χ1) is 8.60. The van der Waals surface area contributed by atoms with Gasteiger partial charge in [-0.2, -0.15) is 0 Å². The summed E-state index contributed by atoms with van der Waals surface area (Å²) in [6, 6.07) is 0.877. The largest absolute Gasteiger partial charge is 0.444 e. The van der Waals surface area contributed by atoms with Crippen molar-refractivity contribution < 1.29 is 14.6 Å². The molecule has 1 aromatic carbocycles. The van der Waals surface area contributed by atoms with Gasteiger partial charge in [0.15, 0.2) is 5.43 Å². The van der Waals surface area contributed by atoms with Crippen LogP contribution >= 0.6 is 0 Å². The zero-order valence-electron chi connectivity index (χ0n) is 12.2. The average Bonchev–Trinajstić information content (AvgIpc) is 2.89. The van der Waals surface area contributed by atoms with Gasteiger partial charge in [0.05, 0.1) is 6.04 Å². The molecule has 0 aromatic heterocycles. The predicted octanol–water partition coefficient (Wildman–Crippen LogP) is 1.90. The molecule has 2 atom stereocenters. The molecule has 0 spiro atoms. The second kappa shape index (κ2) is 5.74. The number of alkyl carbamates (subject to hydrolysis) is 1. The topological polar surface area (TPSA) is 75.6 Å². The van der Waals surface area contributed by atoms with Crippen molar-refractivity contribution in [3.05, 3.63) is 21.9 Å². The van der Waals surface area contributed by atoms with Gasteiger partial charge >= 0.3 is 6.09 Å². The van der Waals surface area contributed by atoms with Crippen LogP contribution in [0.2, 0.25) is 0 Å². The number of hydrogen-bond donors (Lipinski definition) is 2. The van der Waals surface area contributed by atoms with E-state index >= 15 is 0 Å². The fraction of sp³-hybridized carbons (Fsp3) is 0.714. The Morgan fingerprint density at radius 3 is 2.32 bits per heavy atom. The van der Waals surface area contributed by atoms with Gasteiger partial charge in [-0.25, -0.2) is 4.79 Å².